The topological polar surface area (TPSA) is 23.6 Å². The number of hydrogen-bond acceptors (Lipinski definition) is 3. The highest BCUT2D eigenvalue weighted by molar-refractivity contribution is 5.81. The first-order chi connectivity index (χ1) is 8.06. The summed E-state index contributed by atoms with van der Waals surface area (Å²) >= 11 is 0. The predicted molar refractivity (Wildman–Crippen MR) is 70.0 cm³/mol. The average Bonchev–Trinajstić information content (AvgIpc) is 2.72. The highest BCUT2D eigenvalue weighted by atomic mass is 16.1. The quantitative estimate of drug-likeness (QED) is 0.746. The first-order valence-electron chi connectivity index (χ1n) is 7.05. The van der Waals surface area contributed by atoms with E-state index in [1.165, 1.54) is 26.1 Å². The van der Waals surface area contributed by atoms with Crippen molar-refractivity contribution in [1.29, 1.82) is 0 Å². The van der Waals surface area contributed by atoms with Crippen LogP contribution in [0.4, 0.5) is 0 Å². The maximum absolute atomic E-state index is 11.5. The van der Waals surface area contributed by atoms with Crippen molar-refractivity contribution in [2.24, 2.45) is 11.8 Å². The van der Waals surface area contributed by atoms with Crippen LogP contribution in [0, 0.1) is 11.8 Å². The van der Waals surface area contributed by atoms with Crippen LogP contribution >= 0.6 is 0 Å². The van der Waals surface area contributed by atoms with Crippen molar-refractivity contribution in [1.82, 2.24) is 9.80 Å². The third kappa shape index (κ3) is 3.29. The van der Waals surface area contributed by atoms with Gasteiger partial charge in [0.15, 0.2) is 0 Å². The third-order valence-electron chi connectivity index (χ3n) is 4.32. The molecule has 2 aliphatic rings. The molecule has 2 saturated heterocycles. The Morgan fingerprint density at radius 2 is 2.06 bits per heavy atom. The van der Waals surface area contributed by atoms with E-state index in [4.69, 9.17) is 0 Å². The smallest absolute Gasteiger partial charge is 0.138 e. The van der Waals surface area contributed by atoms with Gasteiger partial charge in [-0.1, -0.05) is 6.92 Å². The first-order valence-corrected chi connectivity index (χ1v) is 7.05. The molecule has 3 nitrogen and oxygen atoms in total. The zero-order valence-corrected chi connectivity index (χ0v) is 11.5. The number of ketones is 1. The van der Waals surface area contributed by atoms with E-state index in [1.54, 1.807) is 0 Å². The van der Waals surface area contributed by atoms with Gasteiger partial charge in [-0.25, -0.2) is 0 Å². The van der Waals surface area contributed by atoms with Gasteiger partial charge in [-0.05, 0) is 32.7 Å². The number of hydrogen-bond donors (Lipinski definition) is 0. The lowest BCUT2D eigenvalue weighted by atomic mass is 9.97. The van der Waals surface area contributed by atoms with Gasteiger partial charge in [0.1, 0.15) is 5.78 Å². The standard InChI is InChI=1S/C14H26N2O/c1-11(2)16-7-4-13(10-16)9-15-6-5-14(17)12(3)8-15/h11-13H,4-10H2,1-3H3. The van der Waals surface area contributed by atoms with E-state index in [9.17, 15) is 4.79 Å². The van der Waals surface area contributed by atoms with Crippen LogP contribution in [0.5, 0.6) is 0 Å². The summed E-state index contributed by atoms with van der Waals surface area (Å²) in [6.45, 7) is 12.3. The lowest BCUT2D eigenvalue weighted by Crippen LogP contribution is -2.42. The van der Waals surface area contributed by atoms with Gasteiger partial charge in [-0.3, -0.25) is 4.79 Å². The van der Waals surface area contributed by atoms with Gasteiger partial charge < -0.3 is 9.80 Å². The fraction of sp³-hybridized carbons (Fsp3) is 0.929. The van der Waals surface area contributed by atoms with Gasteiger partial charge in [-0.15, -0.1) is 0 Å². The number of piperidine rings is 1. The number of carbonyl (C=O) groups excluding carboxylic acids is 1. The van der Waals surface area contributed by atoms with Crippen LogP contribution in [-0.2, 0) is 4.79 Å². The summed E-state index contributed by atoms with van der Waals surface area (Å²) in [7, 11) is 0. The highest BCUT2D eigenvalue weighted by Gasteiger charge is 2.29. The number of rotatable bonds is 3. The molecule has 2 rings (SSSR count). The van der Waals surface area contributed by atoms with E-state index in [0.717, 1.165) is 25.4 Å². The second-order valence-electron chi connectivity index (χ2n) is 6.12. The van der Waals surface area contributed by atoms with Crippen molar-refractivity contribution in [3.63, 3.8) is 0 Å². The van der Waals surface area contributed by atoms with Gasteiger partial charge in [-0.2, -0.15) is 0 Å². The molecule has 0 bridgehead atoms. The van der Waals surface area contributed by atoms with E-state index in [0.29, 0.717) is 11.8 Å². The van der Waals surface area contributed by atoms with E-state index >= 15 is 0 Å². The van der Waals surface area contributed by atoms with Crippen LogP contribution < -0.4 is 0 Å². The van der Waals surface area contributed by atoms with Crippen LogP contribution in [0.2, 0.25) is 0 Å². The summed E-state index contributed by atoms with van der Waals surface area (Å²) in [5.74, 6) is 1.53. The maximum Gasteiger partial charge on any atom is 0.138 e. The monoisotopic (exact) mass is 238 g/mol. The molecule has 0 amide bonds. The summed E-state index contributed by atoms with van der Waals surface area (Å²) in [4.78, 5) is 16.6. The summed E-state index contributed by atoms with van der Waals surface area (Å²) < 4.78 is 0. The Morgan fingerprint density at radius 1 is 1.29 bits per heavy atom. The number of carbonyl (C=O) groups is 1. The summed E-state index contributed by atoms with van der Waals surface area (Å²) in [6.07, 6.45) is 2.10. The Hall–Kier alpha value is -0.410. The highest BCUT2D eigenvalue weighted by Crippen LogP contribution is 2.21. The first kappa shape index (κ1) is 13.0. The van der Waals surface area contributed by atoms with Gasteiger partial charge in [0.25, 0.3) is 0 Å². The fourth-order valence-electron chi connectivity index (χ4n) is 3.11. The minimum absolute atomic E-state index is 0.256. The van der Waals surface area contributed by atoms with E-state index in [-0.39, 0.29) is 5.92 Å². The van der Waals surface area contributed by atoms with E-state index in [1.807, 2.05) is 0 Å². The molecular formula is C14H26N2O. The minimum atomic E-state index is 0.256. The Morgan fingerprint density at radius 3 is 2.65 bits per heavy atom. The lowest BCUT2D eigenvalue weighted by Gasteiger charge is -2.32. The van der Waals surface area contributed by atoms with E-state index < -0.39 is 0 Å². The number of Topliss-reactive ketones (excluding diaryl/α,β-unsaturated/α-hetero) is 1. The van der Waals surface area contributed by atoms with Crippen LogP contribution in [0.15, 0.2) is 0 Å². The molecule has 2 fully saturated rings. The molecule has 0 aliphatic carbocycles. The minimum Gasteiger partial charge on any atom is -0.302 e. The van der Waals surface area contributed by atoms with Crippen LogP contribution in [0.3, 0.4) is 0 Å². The Bertz CT molecular complexity index is 277. The molecule has 98 valence electrons. The van der Waals surface area contributed by atoms with Crippen molar-refractivity contribution >= 4 is 5.78 Å². The summed E-state index contributed by atoms with van der Waals surface area (Å²) in [5.41, 5.74) is 0. The van der Waals surface area contributed by atoms with Crippen LogP contribution in [0.1, 0.15) is 33.6 Å². The van der Waals surface area contributed by atoms with Crippen molar-refractivity contribution < 1.29 is 4.79 Å². The average molecular weight is 238 g/mol. The number of nitrogens with zero attached hydrogens (tertiary/aromatic N) is 2. The van der Waals surface area contributed by atoms with Gasteiger partial charge in [0.2, 0.25) is 0 Å². The number of likely N-dealkylation sites (tertiary alicyclic amines) is 2. The molecule has 2 aliphatic heterocycles. The maximum atomic E-state index is 11.5. The Kier molecular flexibility index (Phi) is 4.21. The van der Waals surface area contributed by atoms with Crippen molar-refractivity contribution in [3.8, 4) is 0 Å². The molecule has 0 saturated carbocycles. The van der Waals surface area contributed by atoms with Gasteiger partial charge in [0.05, 0.1) is 0 Å². The molecule has 2 unspecified atom stereocenters. The molecule has 3 heteroatoms. The SMILES string of the molecule is CC1CN(CC2CCN(C(C)C)C2)CCC1=O. The van der Waals surface area contributed by atoms with E-state index in [2.05, 4.69) is 30.6 Å². The predicted octanol–water partition coefficient (Wildman–Crippen LogP) is 1.63. The molecule has 0 radical (unpaired) electrons. The van der Waals surface area contributed by atoms with Crippen LogP contribution in [0.25, 0.3) is 0 Å². The molecule has 2 heterocycles. The largest absolute Gasteiger partial charge is 0.302 e. The molecule has 0 N–H and O–H groups in total. The fourth-order valence-corrected chi connectivity index (χ4v) is 3.11. The molecule has 17 heavy (non-hydrogen) atoms. The Balaban J connectivity index is 1.77. The van der Waals surface area contributed by atoms with Crippen LogP contribution in [-0.4, -0.2) is 54.3 Å². The lowest BCUT2D eigenvalue weighted by molar-refractivity contribution is -0.125. The zero-order valence-electron chi connectivity index (χ0n) is 11.5. The third-order valence-corrected chi connectivity index (χ3v) is 4.32. The molecule has 0 aromatic carbocycles. The summed E-state index contributed by atoms with van der Waals surface area (Å²) in [5, 5.41) is 0. The summed E-state index contributed by atoms with van der Waals surface area (Å²) in [6, 6.07) is 0.682. The molecular weight excluding hydrogens is 212 g/mol. The van der Waals surface area contributed by atoms with Gasteiger partial charge >= 0.3 is 0 Å². The molecule has 0 aromatic heterocycles. The Labute approximate surface area is 105 Å². The molecule has 0 spiro atoms. The van der Waals surface area contributed by atoms with Crippen molar-refractivity contribution in [3.05, 3.63) is 0 Å². The zero-order chi connectivity index (χ0) is 12.4. The second-order valence-corrected chi connectivity index (χ2v) is 6.12. The second kappa shape index (κ2) is 5.49. The van der Waals surface area contributed by atoms with Crippen molar-refractivity contribution in [2.75, 3.05) is 32.7 Å². The molecule has 0 aromatic rings. The normalized spacial score (nSPS) is 32.6. The molecule has 2 atom stereocenters. The van der Waals surface area contributed by atoms with Crippen molar-refractivity contribution in [2.45, 2.75) is 39.7 Å². The van der Waals surface area contributed by atoms with Gasteiger partial charge in [0, 0.05) is 44.6 Å².